The Kier molecular flexibility index (Phi) is 5.77. The highest BCUT2D eigenvalue weighted by Crippen LogP contribution is 2.36. The van der Waals surface area contributed by atoms with Crippen LogP contribution in [0.25, 0.3) is 22.1 Å². The Morgan fingerprint density at radius 3 is 2.81 bits per heavy atom. The van der Waals surface area contributed by atoms with Crippen molar-refractivity contribution < 1.29 is 4.74 Å². The number of ether oxygens (including phenoxy) is 1. The van der Waals surface area contributed by atoms with Gasteiger partial charge in [0.2, 0.25) is 0 Å². The monoisotopic (exact) mass is 434 g/mol. The summed E-state index contributed by atoms with van der Waals surface area (Å²) in [5.41, 5.74) is 2.66. The van der Waals surface area contributed by atoms with Crippen LogP contribution in [0.15, 0.2) is 48.8 Å². The van der Waals surface area contributed by atoms with Crippen molar-refractivity contribution in [1.29, 1.82) is 0 Å². The minimum Gasteiger partial charge on any atom is -0.490 e. The van der Waals surface area contributed by atoms with Gasteiger partial charge in [-0.2, -0.15) is 0 Å². The molecule has 0 bridgehead atoms. The molecule has 5 nitrogen and oxygen atoms in total. The van der Waals surface area contributed by atoms with Crippen molar-refractivity contribution in [2.75, 3.05) is 0 Å². The predicted molar refractivity (Wildman–Crippen MR) is 125 cm³/mol. The lowest BCUT2D eigenvalue weighted by molar-refractivity contribution is 0.127. The molecule has 1 atom stereocenters. The van der Waals surface area contributed by atoms with E-state index in [1.54, 1.807) is 6.20 Å². The molecule has 0 amide bonds. The number of para-hydroxylation sites is 1. The first-order valence-electron chi connectivity index (χ1n) is 11.2. The number of hydrogen-bond acceptors (Lipinski definition) is 4. The van der Waals surface area contributed by atoms with Gasteiger partial charge in [0.05, 0.1) is 22.2 Å². The van der Waals surface area contributed by atoms with Crippen molar-refractivity contribution >= 4 is 33.7 Å². The van der Waals surface area contributed by atoms with E-state index in [2.05, 4.69) is 27.9 Å². The molecule has 31 heavy (non-hydrogen) atoms. The number of aromatic amines is 1. The van der Waals surface area contributed by atoms with E-state index in [4.69, 9.17) is 21.3 Å². The van der Waals surface area contributed by atoms with Gasteiger partial charge in [-0.25, -0.2) is 9.97 Å². The highest BCUT2D eigenvalue weighted by molar-refractivity contribution is 6.31. The molecule has 0 spiro atoms. The second-order valence-electron chi connectivity index (χ2n) is 8.57. The molecule has 1 aliphatic rings. The van der Waals surface area contributed by atoms with E-state index >= 15 is 0 Å². The van der Waals surface area contributed by atoms with Crippen molar-refractivity contribution in [1.82, 2.24) is 19.9 Å². The molecule has 1 saturated carbocycles. The van der Waals surface area contributed by atoms with Crippen molar-refractivity contribution in [3.63, 3.8) is 0 Å². The van der Waals surface area contributed by atoms with E-state index in [1.165, 1.54) is 12.8 Å². The first-order chi connectivity index (χ1) is 15.2. The zero-order valence-electron chi connectivity index (χ0n) is 17.7. The van der Waals surface area contributed by atoms with Crippen LogP contribution in [0.2, 0.25) is 5.02 Å². The fraction of sp³-hybridized carbons (Fsp3) is 0.400. The normalized spacial score (nSPS) is 20.2. The minimum absolute atomic E-state index is 0.277. The SMILES string of the molecule is CCC(C[C@H]1CC[C@H](Oc2ccnc3ccccc23)CC1)c1nc2ncc(Cl)cc2[nH]1. The summed E-state index contributed by atoms with van der Waals surface area (Å²) < 4.78 is 6.40. The number of fused-ring (bicyclic) bond motifs is 2. The molecule has 1 N–H and O–H groups in total. The first-order valence-corrected chi connectivity index (χ1v) is 11.6. The van der Waals surface area contributed by atoms with E-state index in [0.717, 1.165) is 59.3 Å². The molecular weight excluding hydrogens is 408 g/mol. The van der Waals surface area contributed by atoms with Gasteiger partial charge >= 0.3 is 0 Å². The number of rotatable bonds is 6. The number of aromatic nitrogens is 4. The Morgan fingerprint density at radius 1 is 1.13 bits per heavy atom. The van der Waals surface area contributed by atoms with Crippen LogP contribution in [0.1, 0.15) is 57.2 Å². The summed E-state index contributed by atoms with van der Waals surface area (Å²) in [6.45, 7) is 2.24. The third kappa shape index (κ3) is 4.38. The van der Waals surface area contributed by atoms with Gasteiger partial charge in [0.1, 0.15) is 11.6 Å². The van der Waals surface area contributed by atoms with Crippen LogP contribution in [-0.2, 0) is 0 Å². The molecule has 1 aliphatic carbocycles. The number of imidazole rings is 1. The maximum Gasteiger partial charge on any atom is 0.177 e. The largest absolute Gasteiger partial charge is 0.490 e. The third-order valence-corrected chi connectivity index (χ3v) is 6.72. The Balaban J connectivity index is 1.21. The lowest BCUT2D eigenvalue weighted by Crippen LogP contribution is -2.25. The summed E-state index contributed by atoms with van der Waals surface area (Å²) in [4.78, 5) is 17.0. The molecule has 0 radical (unpaired) electrons. The predicted octanol–water partition coefficient (Wildman–Crippen LogP) is 6.68. The van der Waals surface area contributed by atoms with Gasteiger partial charge in [-0.15, -0.1) is 0 Å². The maximum absolute atomic E-state index is 6.40. The number of halogens is 1. The van der Waals surface area contributed by atoms with Crippen molar-refractivity contribution in [2.45, 2.75) is 57.5 Å². The standard InChI is InChI=1S/C25H27ClN4O/c1-2-17(24-29-22-14-18(26)15-28-25(22)30-24)13-16-7-9-19(10-8-16)31-23-11-12-27-21-6-4-3-5-20(21)23/h3-6,11-12,14-17,19H,2,7-10,13H2,1H3,(H,28,29,30)/t16-,17?,19-. The molecule has 5 rings (SSSR count). The smallest absolute Gasteiger partial charge is 0.177 e. The van der Waals surface area contributed by atoms with Crippen molar-refractivity contribution in [3.05, 3.63) is 59.6 Å². The molecule has 1 aromatic carbocycles. The second kappa shape index (κ2) is 8.83. The number of H-pyrrole nitrogens is 1. The summed E-state index contributed by atoms with van der Waals surface area (Å²) in [6.07, 6.45) is 10.5. The van der Waals surface area contributed by atoms with Gasteiger partial charge in [0.25, 0.3) is 0 Å². The van der Waals surface area contributed by atoms with Crippen LogP contribution < -0.4 is 4.74 Å². The molecule has 0 aliphatic heterocycles. The molecule has 1 fully saturated rings. The molecule has 3 heterocycles. The maximum atomic E-state index is 6.40. The van der Waals surface area contributed by atoms with E-state index in [-0.39, 0.29) is 6.10 Å². The molecule has 4 aromatic rings. The summed E-state index contributed by atoms with van der Waals surface area (Å²) >= 11 is 6.08. The second-order valence-corrected chi connectivity index (χ2v) is 9.01. The number of pyridine rings is 2. The van der Waals surface area contributed by atoms with Crippen LogP contribution in [-0.4, -0.2) is 26.0 Å². The lowest BCUT2D eigenvalue weighted by Gasteiger charge is -2.31. The Bertz CT molecular complexity index is 1180. The van der Waals surface area contributed by atoms with Gasteiger partial charge < -0.3 is 9.72 Å². The molecule has 3 aromatic heterocycles. The van der Waals surface area contributed by atoms with Crippen LogP contribution in [0.5, 0.6) is 5.75 Å². The summed E-state index contributed by atoms with van der Waals surface area (Å²) in [6, 6.07) is 12.1. The Hall–Kier alpha value is -2.66. The molecular formula is C25H27ClN4O. The van der Waals surface area contributed by atoms with Crippen LogP contribution in [0.3, 0.4) is 0 Å². The zero-order valence-corrected chi connectivity index (χ0v) is 18.5. The molecule has 6 heteroatoms. The number of benzene rings is 1. The van der Waals surface area contributed by atoms with Gasteiger partial charge in [-0.05, 0) is 68.7 Å². The number of nitrogens with one attached hydrogen (secondary N) is 1. The quantitative estimate of drug-likeness (QED) is 0.367. The zero-order chi connectivity index (χ0) is 21.2. The van der Waals surface area contributed by atoms with Crippen LogP contribution in [0.4, 0.5) is 0 Å². The average molecular weight is 435 g/mol. The van der Waals surface area contributed by atoms with Crippen LogP contribution >= 0.6 is 11.6 Å². The van der Waals surface area contributed by atoms with Gasteiger partial charge in [0, 0.05) is 23.7 Å². The topological polar surface area (TPSA) is 63.7 Å². The molecule has 1 unspecified atom stereocenters. The molecule has 0 saturated heterocycles. The van der Waals surface area contributed by atoms with Crippen molar-refractivity contribution in [2.24, 2.45) is 5.92 Å². The molecule has 160 valence electrons. The summed E-state index contributed by atoms with van der Waals surface area (Å²) in [5, 5.41) is 1.73. The highest BCUT2D eigenvalue weighted by Gasteiger charge is 2.26. The third-order valence-electron chi connectivity index (χ3n) is 6.52. The van der Waals surface area contributed by atoms with E-state index in [0.29, 0.717) is 16.9 Å². The summed E-state index contributed by atoms with van der Waals surface area (Å²) in [5.74, 6) is 3.10. The Labute approximate surface area is 187 Å². The average Bonchev–Trinajstić information content (AvgIpc) is 3.22. The van der Waals surface area contributed by atoms with E-state index in [9.17, 15) is 0 Å². The highest BCUT2D eigenvalue weighted by atomic mass is 35.5. The number of nitrogens with zero attached hydrogens (tertiary/aromatic N) is 3. The summed E-state index contributed by atoms with van der Waals surface area (Å²) in [7, 11) is 0. The fourth-order valence-corrected chi connectivity index (χ4v) is 4.96. The van der Waals surface area contributed by atoms with E-state index < -0.39 is 0 Å². The Morgan fingerprint density at radius 2 is 1.97 bits per heavy atom. The lowest BCUT2D eigenvalue weighted by atomic mass is 9.80. The fourth-order valence-electron chi connectivity index (χ4n) is 4.80. The number of hydrogen-bond donors (Lipinski definition) is 1. The van der Waals surface area contributed by atoms with Crippen LogP contribution in [0, 0.1) is 5.92 Å². The van der Waals surface area contributed by atoms with Gasteiger partial charge in [-0.3, -0.25) is 4.98 Å². The van der Waals surface area contributed by atoms with Gasteiger partial charge in [-0.1, -0.05) is 30.7 Å². The first kappa shape index (κ1) is 20.3. The van der Waals surface area contributed by atoms with Crippen molar-refractivity contribution in [3.8, 4) is 5.75 Å². The van der Waals surface area contributed by atoms with E-state index in [1.807, 2.05) is 36.5 Å². The minimum atomic E-state index is 0.277. The van der Waals surface area contributed by atoms with Gasteiger partial charge in [0.15, 0.2) is 5.65 Å².